The molecule has 1 aromatic carbocycles. The number of carbonyl (C=O) groups is 3. The number of oxime groups is 1. The number of carboxylic acid groups (broad SMARTS) is 1. The van der Waals surface area contributed by atoms with Crippen LogP contribution in [0, 0.1) is 0 Å². The number of nitrogens with one attached hydrogen (secondary N) is 1. The third kappa shape index (κ3) is 7.26. The van der Waals surface area contributed by atoms with Gasteiger partial charge in [-0.1, -0.05) is 5.16 Å². The number of ether oxygens (including phenoxy) is 1. The average Bonchev–Trinajstić information content (AvgIpc) is 3.45. The molecule has 0 spiro atoms. The van der Waals surface area contributed by atoms with Crippen LogP contribution in [0.25, 0.3) is 10.9 Å². The number of β-lactam (4-membered cyclic amide) rings is 1. The van der Waals surface area contributed by atoms with Crippen LogP contribution < -0.4 is 26.0 Å². The molecular formula is C26H31N8O10S2+. The highest BCUT2D eigenvalue weighted by atomic mass is 32.3. The fourth-order valence-electron chi connectivity index (χ4n) is 4.79. The lowest BCUT2D eigenvalue weighted by Gasteiger charge is -2.50. The van der Waals surface area contributed by atoms with E-state index in [4.69, 9.17) is 24.8 Å². The summed E-state index contributed by atoms with van der Waals surface area (Å²) in [4.78, 5) is 53.9. The highest BCUT2D eigenvalue weighted by Crippen LogP contribution is 2.33. The molecule has 2 aliphatic heterocycles. The summed E-state index contributed by atoms with van der Waals surface area (Å²) in [6.07, 6.45) is -1.67. The zero-order chi connectivity index (χ0) is 33.2. The maximum absolute atomic E-state index is 13.2. The molecule has 0 bridgehead atoms. The van der Waals surface area contributed by atoms with Gasteiger partial charge in [-0.15, -0.1) is 15.6 Å². The molecule has 2 amide bonds. The van der Waals surface area contributed by atoms with Crippen LogP contribution in [0.1, 0.15) is 19.5 Å². The Morgan fingerprint density at radius 3 is 2.61 bits per heavy atom. The maximum atomic E-state index is 13.2. The lowest BCUT2D eigenvalue weighted by atomic mass is 9.84. The van der Waals surface area contributed by atoms with Gasteiger partial charge < -0.3 is 35.9 Å². The van der Waals surface area contributed by atoms with Gasteiger partial charge in [0.1, 0.15) is 29.9 Å². The number of thiazole rings is 1. The first-order valence-corrected chi connectivity index (χ1v) is 16.1. The molecule has 2 fully saturated rings. The molecule has 246 valence electrons. The number of rotatable bonds is 12. The second kappa shape index (κ2) is 13.0. The number of carbonyl (C=O) groups excluding carboxylic acids is 2. The summed E-state index contributed by atoms with van der Waals surface area (Å²) in [5.74, 6) is -2.22. The van der Waals surface area contributed by atoms with E-state index in [1.165, 1.54) is 19.2 Å². The van der Waals surface area contributed by atoms with Gasteiger partial charge in [0.05, 0.1) is 37.2 Å². The molecule has 0 radical (unpaired) electrons. The second-order valence-corrected chi connectivity index (χ2v) is 12.7. The maximum Gasteiger partial charge on any atom is 0.418 e. The molecule has 5 rings (SSSR count). The highest BCUT2D eigenvalue weighted by Gasteiger charge is 2.58. The number of anilines is 2. The fraction of sp³-hybridized carbons (Fsp3) is 0.385. The summed E-state index contributed by atoms with van der Waals surface area (Å²) in [5, 5.41) is 20.7. The van der Waals surface area contributed by atoms with E-state index in [0.717, 1.165) is 54.2 Å². The number of nitrogens with two attached hydrogens (primary N) is 2. The molecule has 7 N–H and O–H groups in total. The summed E-state index contributed by atoms with van der Waals surface area (Å²) in [6.45, 7) is 6.04. The Morgan fingerprint density at radius 2 is 1.98 bits per heavy atom. The van der Waals surface area contributed by atoms with Crippen molar-refractivity contribution in [3.05, 3.63) is 41.4 Å². The number of aromatic nitrogens is 2. The first kappa shape index (κ1) is 32.8. The molecule has 2 atom stereocenters. The van der Waals surface area contributed by atoms with Crippen LogP contribution in [0.3, 0.4) is 0 Å². The van der Waals surface area contributed by atoms with E-state index in [9.17, 15) is 27.9 Å². The van der Waals surface area contributed by atoms with E-state index in [0.29, 0.717) is 10.8 Å². The van der Waals surface area contributed by atoms with Crippen molar-refractivity contribution in [2.75, 3.05) is 43.4 Å². The largest absolute Gasteiger partial charge is 0.489 e. The van der Waals surface area contributed by atoms with Gasteiger partial charge in [0.25, 0.3) is 17.9 Å². The summed E-state index contributed by atoms with van der Waals surface area (Å²) in [6, 6.07) is 7.63. The number of amides is 2. The van der Waals surface area contributed by atoms with Crippen LogP contribution in [-0.4, -0.2) is 107 Å². The summed E-state index contributed by atoms with van der Waals surface area (Å²) < 4.78 is 41.1. The summed E-state index contributed by atoms with van der Waals surface area (Å²) >= 11 is 0.964. The topological polar surface area (TPSA) is 253 Å². The van der Waals surface area contributed by atoms with E-state index in [-0.39, 0.29) is 10.8 Å². The third-order valence-corrected chi connectivity index (χ3v) is 8.24. The number of piperazine rings is 1. The SMILES string of the molecule is CC1(C)[C@H](NC(=O)/C(=N\O[C@@H](COc2ccc3nc(N4CC[NH2+]CC4)ccc3c2)C(=O)O)c2csc(N)n2)C(=O)N1OS(=O)(=O)O. The zero-order valence-corrected chi connectivity index (χ0v) is 26.2. The Kier molecular flexibility index (Phi) is 9.26. The monoisotopic (exact) mass is 679 g/mol. The predicted octanol–water partition coefficient (Wildman–Crippen LogP) is -1.25. The highest BCUT2D eigenvalue weighted by molar-refractivity contribution is 7.80. The van der Waals surface area contributed by atoms with Crippen molar-refractivity contribution in [3.63, 3.8) is 0 Å². The van der Waals surface area contributed by atoms with Gasteiger partial charge in [-0.3, -0.25) is 14.1 Å². The van der Waals surface area contributed by atoms with Crippen LogP contribution in [-0.2, 0) is 33.9 Å². The van der Waals surface area contributed by atoms with E-state index in [1.807, 2.05) is 12.1 Å². The van der Waals surface area contributed by atoms with Crippen LogP contribution in [0.5, 0.6) is 5.75 Å². The number of carboxylic acids is 1. The van der Waals surface area contributed by atoms with Crippen molar-refractivity contribution in [2.24, 2.45) is 5.16 Å². The van der Waals surface area contributed by atoms with Crippen LogP contribution in [0.2, 0.25) is 0 Å². The van der Waals surface area contributed by atoms with Gasteiger partial charge in [-0.25, -0.2) is 14.8 Å². The van der Waals surface area contributed by atoms with Crippen molar-refractivity contribution in [3.8, 4) is 5.75 Å². The number of benzene rings is 1. The molecule has 0 saturated carbocycles. The Balaban J connectivity index is 1.28. The standard InChI is InChI=1S/C26H30N8O10S2/c1-26(2)21(23(36)34(26)44-46(39,40)41)31-22(35)20(17-13-45-25(27)30-17)32-43-18(24(37)38)12-42-15-4-5-16-14(11-15)3-6-19(29-16)33-9-7-28-8-10-33/h3-6,11,13,18,21,28H,7-10,12H2,1-2H3,(H2,27,30)(H,31,35)(H,37,38)(H,39,40,41)/p+1/b32-20-/t18-,21+/m0/s1. The number of pyridine rings is 1. The van der Waals surface area contributed by atoms with Gasteiger partial charge in [-0.05, 0) is 44.2 Å². The van der Waals surface area contributed by atoms with E-state index in [1.54, 1.807) is 18.2 Å². The van der Waals surface area contributed by atoms with Gasteiger partial charge in [0, 0.05) is 10.8 Å². The Morgan fingerprint density at radius 1 is 1.24 bits per heavy atom. The van der Waals surface area contributed by atoms with Gasteiger partial charge >= 0.3 is 16.4 Å². The molecule has 2 aliphatic rings. The lowest BCUT2D eigenvalue weighted by Crippen LogP contribution is -2.89. The average molecular weight is 680 g/mol. The number of fused-ring (bicyclic) bond motifs is 1. The van der Waals surface area contributed by atoms with Crippen LogP contribution in [0.15, 0.2) is 40.9 Å². The van der Waals surface area contributed by atoms with Crippen LogP contribution in [0.4, 0.5) is 10.9 Å². The molecule has 2 aromatic heterocycles. The van der Waals surface area contributed by atoms with Crippen molar-refractivity contribution < 1.29 is 51.6 Å². The van der Waals surface area contributed by atoms with E-state index in [2.05, 4.69) is 30.0 Å². The smallest absolute Gasteiger partial charge is 0.418 e. The molecule has 0 unspecified atom stereocenters. The molecule has 4 heterocycles. The predicted molar refractivity (Wildman–Crippen MR) is 162 cm³/mol. The number of quaternary nitrogens is 1. The zero-order valence-electron chi connectivity index (χ0n) is 24.5. The number of hydroxylamine groups is 2. The number of hydrogen-bond donors (Lipinski definition) is 5. The van der Waals surface area contributed by atoms with E-state index >= 15 is 0 Å². The quantitative estimate of drug-likeness (QED) is 0.0649. The first-order chi connectivity index (χ1) is 21.7. The third-order valence-electron chi connectivity index (χ3n) is 7.23. The number of aliphatic carboxylic acids is 1. The fourth-order valence-corrected chi connectivity index (χ4v) is 5.80. The molecule has 18 nitrogen and oxygen atoms in total. The molecular weight excluding hydrogens is 648 g/mol. The molecule has 3 aromatic rings. The number of nitrogens with zero attached hydrogens (tertiary/aromatic N) is 5. The summed E-state index contributed by atoms with van der Waals surface area (Å²) in [5.41, 5.74) is 4.43. The Bertz CT molecular complexity index is 1790. The van der Waals surface area contributed by atoms with Crippen molar-refractivity contribution in [1.82, 2.24) is 20.3 Å². The molecule has 0 aliphatic carbocycles. The first-order valence-electron chi connectivity index (χ1n) is 13.8. The number of hydrogen-bond acceptors (Lipinski definition) is 14. The van der Waals surface area contributed by atoms with Gasteiger partial charge in [0.15, 0.2) is 10.8 Å². The van der Waals surface area contributed by atoms with E-state index < -0.39 is 58.2 Å². The molecule has 46 heavy (non-hydrogen) atoms. The molecule has 20 heteroatoms. The minimum Gasteiger partial charge on any atom is -0.489 e. The van der Waals surface area contributed by atoms with Gasteiger partial charge in [-0.2, -0.15) is 13.5 Å². The van der Waals surface area contributed by atoms with Crippen molar-refractivity contribution in [2.45, 2.75) is 31.5 Å². The van der Waals surface area contributed by atoms with Crippen molar-refractivity contribution >= 4 is 67.1 Å². The lowest BCUT2D eigenvalue weighted by molar-refractivity contribution is -0.655. The second-order valence-electron chi connectivity index (χ2n) is 10.8. The molecule has 2 saturated heterocycles. The minimum atomic E-state index is -5.01. The normalized spacial score (nSPS) is 19.0. The Hall–Kier alpha value is -4.63. The van der Waals surface area contributed by atoms with Crippen LogP contribution >= 0.6 is 11.3 Å². The summed E-state index contributed by atoms with van der Waals surface area (Å²) in [7, 11) is -5.01. The van der Waals surface area contributed by atoms with Crippen molar-refractivity contribution in [1.29, 1.82) is 0 Å². The minimum absolute atomic E-state index is 0.0637. The Labute approximate surface area is 266 Å². The number of nitrogen functional groups attached to an aromatic ring is 1. The van der Waals surface area contributed by atoms with Gasteiger partial charge in [0.2, 0.25) is 0 Å².